The first-order valence-electron chi connectivity index (χ1n) is 7.45. The van der Waals surface area contributed by atoms with E-state index in [4.69, 9.17) is 0 Å². The van der Waals surface area contributed by atoms with Crippen LogP contribution in [0.4, 0.5) is 0 Å². The van der Waals surface area contributed by atoms with E-state index in [-0.39, 0.29) is 23.4 Å². The summed E-state index contributed by atoms with van der Waals surface area (Å²) in [4.78, 5) is 14.5. The lowest BCUT2D eigenvalue weighted by Crippen LogP contribution is -2.35. The summed E-state index contributed by atoms with van der Waals surface area (Å²) in [6, 6.07) is 14.3. The fourth-order valence-electron chi connectivity index (χ4n) is 3.26. The molecule has 1 fully saturated rings. The highest BCUT2D eigenvalue weighted by Gasteiger charge is 2.35. The van der Waals surface area contributed by atoms with Gasteiger partial charge in [0.25, 0.3) is 5.91 Å². The number of likely N-dealkylation sites (tertiary alicyclic amines) is 1. The molecule has 0 radical (unpaired) electrons. The van der Waals surface area contributed by atoms with Crippen LogP contribution in [0.25, 0.3) is 0 Å². The number of carbonyl (C=O) groups is 1. The summed E-state index contributed by atoms with van der Waals surface area (Å²) in [5, 5.41) is 19.1. The quantitative estimate of drug-likeness (QED) is 0.895. The Labute approximate surface area is 129 Å². The molecule has 0 saturated carbocycles. The third-order valence-corrected chi connectivity index (χ3v) is 4.39. The van der Waals surface area contributed by atoms with Crippen molar-refractivity contribution in [2.75, 3.05) is 6.54 Å². The number of hydrogen-bond acceptors (Lipinski definition) is 3. The van der Waals surface area contributed by atoms with Crippen LogP contribution in [-0.2, 0) is 0 Å². The number of phenolic OH excluding ortho intramolecular Hbond substituents is 2. The maximum Gasteiger partial charge on any atom is 0.254 e. The molecule has 4 nitrogen and oxygen atoms in total. The van der Waals surface area contributed by atoms with Crippen molar-refractivity contribution >= 4 is 5.91 Å². The van der Waals surface area contributed by atoms with Crippen LogP contribution >= 0.6 is 0 Å². The number of nitrogens with zero attached hydrogens (tertiary/aromatic N) is 1. The minimum Gasteiger partial charge on any atom is -0.508 e. The van der Waals surface area contributed by atoms with Crippen molar-refractivity contribution < 1.29 is 15.0 Å². The Morgan fingerprint density at radius 2 is 1.73 bits per heavy atom. The molecule has 1 amide bonds. The van der Waals surface area contributed by atoms with Crippen LogP contribution < -0.4 is 0 Å². The lowest BCUT2D eigenvalue weighted by atomic mass is 9.93. The molecular weight excluding hydrogens is 278 g/mol. The lowest BCUT2D eigenvalue weighted by molar-refractivity contribution is 0.0741. The van der Waals surface area contributed by atoms with Gasteiger partial charge in [0.15, 0.2) is 0 Å². The van der Waals surface area contributed by atoms with Gasteiger partial charge in [-0.15, -0.1) is 0 Å². The van der Waals surface area contributed by atoms with Crippen molar-refractivity contribution in [2.24, 2.45) is 0 Å². The first-order chi connectivity index (χ1) is 10.6. The zero-order chi connectivity index (χ0) is 15.7. The molecule has 2 atom stereocenters. The molecule has 114 valence electrons. The van der Waals surface area contributed by atoms with Gasteiger partial charge in [0.05, 0.1) is 0 Å². The van der Waals surface area contributed by atoms with Gasteiger partial charge in [-0.25, -0.2) is 0 Å². The summed E-state index contributed by atoms with van der Waals surface area (Å²) in [5.41, 5.74) is 1.56. The van der Waals surface area contributed by atoms with E-state index in [1.807, 2.05) is 30.0 Å². The summed E-state index contributed by atoms with van der Waals surface area (Å²) in [6.45, 7) is 2.72. The largest absolute Gasteiger partial charge is 0.508 e. The lowest BCUT2D eigenvalue weighted by Gasteiger charge is -2.25. The van der Waals surface area contributed by atoms with Crippen LogP contribution in [0.5, 0.6) is 11.5 Å². The van der Waals surface area contributed by atoms with E-state index in [2.05, 4.69) is 12.1 Å². The van der Waals surface area contributed by atoms with Crippen LogP contribution in [0.15, 0.2) is 48.5 Å². The van der Waals surface area contributed by atoms with E-state index in [1.165, 1.54) is 23.8 Å². The first-order valence-corrected chi connectivity index (χ1v) is 7.45. The highest BCUT2D eigenvalue weighted by molar-refractivity contribution is 5.95. The van der Waals surface area contributed by atoms with Crippen molar-refractivity contribution in [3.63, 3.8) is 0 Å². The van der Waals surface area contributed by atoms with E-state index in [0.717, 1.165) is 6.42 Å². The number of benzene rings is 2. The molecule has 4 heteroatoms. The van der Waals surface area contributed by atoms with Crippen molar-refractivity contribution in [1.29, 1.82) is 0 Å². The first kappa shape index (κ1) is 14.4. The molecule has 1 aliphatic heterocycles. The average molecular weight is 297 g/mol. The number of amides is 1. The normalized spacial score (nSPS) is 21.0. The highest BCUT2D eigenvalue weighted by Crippen LogP contribution is 2.34. The van der Waals surface area contributed by atoms with Crippen LogP contribution in [0.1, 0.15) is 35.2 Å². The zero-order valence-electron chi connectivity index (χ0n) is 12.4. The molecule has 22 heavy (non-hydrogen) atoms. The van der Waals surface area contributed by atoms with Gasteiger partial charge in [-0.3, -0.25) is 4.79 Å². The van der Waals surface area contributed by atoms with Gasteiger partial charge >= 0.3 is 0 Å². The van der Waals surface area contributed by atoms with Crippen molar-refractivity contribution in [3.05, 3.63) is 59.7 Å². The van der Waals surface area contributed by atoms with Crippen molar-refractivity contribution in [3.8, 4) is 11.5 Å². The molecule has 1 heterocycles. The Hall–Kier alpha value is -2.49. The Bertz CT molecular complexity index is 664. The number of aromatic hydroxyl groups is 2. The Morgan fingerprint density at radius 1 is 1.09 bits per heavy atom. The van der Waals surface area contributed by atoms with Gasteiger partial charge in [0.2, 0.25) is 0 Å². The zero-order valence-corrected chi connectivity index (χ0v) is 12.4. The van der Waals surface area contributed by atoms with E-state index in [9.17, 15) is 15.0 Å². The molecule has 0 spiro atoms. The highest BCUT2D eigenvalue weighted by atomic mass is 16.3. The molecule has 0 aromatic heterocycles. The number of carbonyl (C=O) groups excluding carboxylic acids is 1. The van der Waals surface area contributed by atoms with Crippen molar-refractivity contribution in [1.82, 2.24) is 4.90 Å². The number of phenols is 2. The molecule has 0 bridgehead atoms. The van der Waals surface area contributed by atoms with Gasteiger partial charge in [-0.1, -0.05) is 30.3 Å². The minimum atomic E-state index is -0.155. The standard InChI is InChI=1S/C18H19NO3/c1-12-17(13-5-3-2-4-6-13)7-8-19(12)18(22)14-9-15(20)11-16(21)10-14/h2-6,9-12,17,20-21H,7-8H2,1H3/t12-,17-/m1/s1. The van der Waals surface area contributed by atoms with Gasteiger partial charge in [-0.05, 0) is 31.0 Å². The number of hydrogen-bond donors (Lipinski definition) is 2. The van der Waals surface area contributed by atoms with Gasteiger partial charge in [-0.2, -0.15) is 0 Å². The Kier molecular flexibility index (Phi) is 3.75. The molecule has 0 aliphatic carbocycles. The SMILES string of the molecule is C[C@@H]1[C@H](c2ccccc2)CCN1C(=O)c1cc(O)cc(O)c1. The molecule has 1 aliphatic rings. The van der Waals surface area contributed by atoms with Crippen LogP contribution in [0.3, 0.4) is 0 Å². The fourth-order valence-corrected chi connectivity index (χ4v) is 3.26. The van der Waals surface area contributed by atoms with Crippen LogP contribution in [0, 0.1) is 0 Å². The smallest absolute Gasteiger partial charge is 0.254 e. The van der Waals surface area contributed by atoms with Gasteiger partial charge in [0, 0.05) is 30.1 Å². The fraction of sp³-hybridized carbons (Fsp3) is 0.278. The van der Waals surface area contributed by atoms with E-state index < -0.39 is 0 Å². The second kappa shape index (κ2) is 5.72. The Morgan fingerprint density at radius 3 is 2.36 bits per heavy atom. The molecule has 3 rings (SSSR count). The maximum absolute atomic E-state index is 12.6. The average Bonchev–Trinajstić information content (AvgIpc) is 2.88. The molecule has 2 aromatic rings. The van der Waals surface area contributed by atoms with Crippen molar-refractivity contribution in [2.45, 2.75) is 25.3 Å². The minimum absolute atomic E-state index is 0.0828. The summed E-state index contributed by atoms with van der Waals surface area (Å²) >= 11 is 0. The van der Waals surface area contributed by atoms with E-state index in [0.29, 0.717) is 18.0 Å². The summed E-state index contributed by atoms with van der Waals surface area (Å²) in [7, 11) is 0. The summed E-state index contributed by atoms with van der Waals surface area (Å²) < 4.78 is 0. The second-order valence-corrected chi connectivity index (χ2v) is 5.78. The van der Waals surface area contributed by atoms with Crippen LogP contribution in [0.2, 0.25) is 0 Å². The third kappa shape index (κ3) is 2.64. The maximum atomic E-state index is 12.6. The monoisotopic (exact) mass is 297 g/mol. The third-order valence-electron chi connectivity index (χ3n) is 4.39. The van der Waals surface area contributed by atoms with Gasteiger partial charge < -0.3 is 15.1 Å². The van der Waals surface area contributed by atoms with E-state index >= 15 is 0 Å². The summed E-state index contributed by atoms with van der Waals surface area (Å²) in [6.07, 6.45) is 0.918. The van der Waals surface area contributed by atoms with E-state index in [1.54, 1.807) is 0 Å². The predicted octanol–water partition coefficient (Wildman–Crippen LogP) is 3.12. The summed E-state index contributed by atoms with van der Waals surface area (Å²) in [5.74, 6) is -0.0437. The molecule has 2 N–H and O–H groups in total. The molecule has 0 unspecified atom stereocenters. The second-order valence-electron chi connectivity index (χ2n) is 5.78. The van der Waals surface area contributed by atoms with Crippen LogP contribution in [-0.4, -0.2) is 33.6 Å². The predicted molar refractivity (Wildman–Crippen MR) is 84.1 cm³/mol. The molecule has 1 saturated heterocycles. The van der Waals surface area contributed by atoms with Gasteiger partial charge in [0.1, 0.15) is 11.5 Å². The number of rotatable bonds is 2. The topological polar surface area (TPSA) is 60.8 Å². The Balaban J connectivity index is 1.83. The molecule has 2 aromatic carbocycles. The molecular formula is C18H19NO3.